The van der Waals surface area contributed by atoms with Crippen LogP contribution in [0.4, 0.5) is 5.69 Å². The summed E-state index contributed by atoms with van der Waals surface area (Å²) in [6.07, 6.45) is 8.77. The molecule has 0 amide bonds. The van der Waals surface area contributed by atoms with Gasteiger partial charge in [0.2, 0.25) is 10.0 Å². The van der Waals surface area contributed by atoms with Crippen molar-refractivity contribution in [2.24, 2.45) is 5.41 Å². The van der Waals surface area contributed by atoms with Crippen LogP contribution in [0.15, 0.2) is 23.4 Å². The zero-order valence-electron chi connectivity index (χ0n) is 12.1. The first kappa shape index (κ1) is 15.3. The molecular formula is C14H23N3O2S. The molecule has 2 rings (SSSR count). The minimum atomic E-state index is -3.52. The van der Waals surface area contributed by atoms with Gasteiger partial charge in [0, 0.05) is 26.0 Å². The highest BCUT2D eigenvalue weighted by Crippen LogP contribution is 2.35. The van der Waals surface area contributed by atoms with Crippen molar-refractivity contribution >= 4 is 15.7 Å². The van der Waals surface area contributed by atoms with Gasteiger partial charge in [-0.15, -0.1) is 0 Å². The zero-order chi connectivity index (χ0) is 14.6. The zero-order valence-corrected chi connectivity index (χ0v) is 13.0. The van der Waals surface area contributed by atoms with E-state index in [1.165, 1.54) is 25.5 Å². The Morgan fingerprint density at radius 3 is 2.65 bits per heavy atom. The summed E-state index contributed by atoms with van der Waals surface area (Å²) >= 11 is 0. The number of nitrogens with zero attached hydrogens (tertiary/aromatic N) is 1. The number of sulfonamides is 1. The molecule has 0 aromatic carbocycles. The average Bonchev–Trinajstić information content (AvgIpc) is 2.46. The van der Waals surface area contributed by atoms with Crippen LogP contribution < -0.4 is 10.0 Å². The maximum Gasteiger partial charge on any atom is 0.244 e. The SMILES string of the molecule is CNc1ccncc1S(=O)(=O)NCC1(C)CCCCC1. The van der Waals surface area contributed by atoms with Gasteiger partial charge in [0.15, 0.2) is 0 Å². The average molecular weight is 297 g/mol. The van der Waals surface area contributed by atoms with Crippen molar-refractivity contribution in [1.29, 1.82) is 0 Å². The topological polar surface area (TPSA) is 71.1 Å². The summed E-state index contributed by atoms with van der Waals surface area (Å²) in [6.45, 7) is 2.66. The smallest absolute Gasteiger partial charge is 0.244 e. The fourth-order valence-electron chi connectivity index (χ4n) is 2.73. The van der Waals surface area contributed by atoms with Crippen LogP contribution in [0.5, 0.6) is 0 Å². The van der Waals surface area contributed by atoms with Gasteiger partial charge in [-0.25, -0.2) is 13.1 Å². The lowest BCUT2D eigenvalue weighted by Gasteiger charge is -2.33. The van der Waals surface area contributed by atoms with E-state index in [1.54, 1.807) is 19.3 Å². The standard InChI is InChI=1S/C14H23N3O2S/c1-14(7-4-3-5-8-14)11-17-20(18,19)13-10-16-9-6-12(13)15-2/h6,9-10,17H,3-5,7-8,11H2,1-2H3,(H,15,16). The van der Waals surface area contributed by atoms with E-state index in [2.05, 4.69) is 21.9 Å². The molecule has 0 spiro atoms. The molecule has 0 radical (unpaired) electrons. The number of aromatic nitrogens is 1. The van der Waals surface area contributed by atoms with E-state index in [-0.39, 0.29) is 10.3 Å². The second kappa shape index (κ2) is 6.10. The van der Waals surface area contributed by atoms with Crippen molar-refractivity contribution in [1.82, 2.24) is 9.71 Å². The Labute approximate surface area is 121 Å². The third-order valence-electron chi connectivity index (χ3n) is 4.09. The largest absolute Gasteiger partial charge is 0.387 e. The van der Waals surface area contributed by atoms with E-state index < -0.39 is 10.0 Å². The number of hydrogen-bond donors (Lipinski definition) is 2. The highest BCUT2D eigenvalue weighted by atomic mass is 32.2. The number of nitrogens with one attached hydrogen (secondary N) is 2. The van der Waals surface area contributed by atoms with Crippen LogP contribution in [0.1, 0.15) is 39.0 Å². The van der Waals surface area contributed by atoms with Crippen LogP contribution in [0, 0.1) is 5.41 Å². The molecule has 0 unspecified atom stereocenters. The fraction of sp³-hybridized carbons (Fsp3) is 0.643. The van der Waals surface area contributed by atoms with Crippen molar-refractivity contribution in [2.75, 3.05) is 18.9 Å². The lowest BCUT2D eigenvalue weighted by molar-refractivity contribution is 0.219. The Morgan fingerprint density at radius 1 is 1.30 bits per heavy atom. The van der Waals surface area contributed by atoms with Crippen molar-refractivity contribution in [3.8, 4) is 0 Å². The molecule has 1 saturated carbocycles. The molecule has 2 N–H and O–H groups in total. The molecule has 0 aliphatic heterocycles. The quantitative estimate of drug-likeness (QED) is 0.875. The van der Waals surface area contributed by atoms with Crippen molar-refractivity contribution in [2.45, 2.75) is 43.9 Å². The number of anilines is 1. The maximum atomic E-state index is 12.4. The first-order valence-corrected chi connectivity index (χ1v) is 8.57. The molecule has 20 heavy (non-hydrogen) atoms. The van der Waals surface area contributed by atoms with E-state index in [4.69, 9.17) is 0 Å². The van der Waals surface area contributed by atoms with Gasteiger partial charge >= 0.3 is 0 Å². The van der Waals surface area contributed by atoms with E-state index >= 15 is 0 Å². The molecule has 1 aromatic heterocycles. The molecule has 1 heterocycles. The van der Waals surface area contributed by atoms with Crippen molar-refractivity contribution in [3.05, 3.63) is 18.5 Å². The van der Waals surface area contributed by atoms with Crippen LogP contribution in [0.25, 0.3) is 0 Å². The molecule has 1 fully saturated rings. The van der Waals surface area contributed by atoms with Gasteiger partial charge in [0.1, 0.15) is 4.90 Å². The Hall–Kier alpha value is -1.14. The Bertz CT molecular complexity index is 551. The number of pyridine rings is 1. The molecule has 1 aromatic rings. The van der Waals surface area contributed by atoms with E-state index in [1.807, 2.05) is 0 Å². The Kier molecular flexibility index (Phi) is 4.65. The van der Waals surface area contributed by atoms with E-state index in [0.29, 0.717) is 12.2 Å². The molecule has 112 valence electrons. The minimum Gasteiger partial charge on any atom is -0.387 e. The fourth-order valence-corrected chi connectivity index (χ4v) is 4.08. The van der Waals surface area contributed by atoms with Gasteiger partial charge in [0.05, 0.1) is 5.69 Å². The van der Waals surface area contributed by atoms with Gasteiger partial charge in [0.25, 0.3) is 0 Å². The second-order valence-corrected chi connectivity index (χ2v) is 7.55. The van der Waals surface area contributed by atoms with E-state index in [0.717, 1.165) is 12.8 Å². The summed E-state index contributed by atoms with van der Waals surface area (Å²) in [5.41, 5.74) is 0.647. The Balaban J connectivity index is 2.11. The van der Waals surface area contributed by atoms with Crippen LogP contribution >= 0.6 is 0 Å². The third-order valence-corrected chi connectivity index (χ3v) is 5.52. The molecule has 6 heteroatoms. The molecule has 0 atom stereocenters. The van der Waals surface area contributed by atoms with Crippen molar-refractivity contribution in [3.63, 3.8) is 0 Å². The van der Waals surface area contributed by atoms with Crippen LogP contribution in [0.2, 0.25) is 0 Å². The Morgan fingerprint density at radius 2 is 2.00 bits per heavy atom. The summed E-state index contributed by atoms with van der Waals surface area (Å²) in [7, 11) is -1.81. The molecule has 1 aliphatic carbocycles. The number of rotatable bonds is 5. The lowest BCUT2D eigenvalue weighted by atomic mass is 9.76. The summed E-state index contributed by atoms with van der Waals surface area (Å²) in [5, 5.41) is 2.89. The first-order chi connectivity index (χ1) is 9.47. The molecule has 5 nitrogen and oxygen atoms in total. The predicted octanol–water partition coefficient (Wildman–Crippen LogP) is 2.37. The monoisotopic (exact) mass is 297 g/mol. The normalized spacial score (nSPS) is 18.7. The van der Waals surface area contributed by atoms with Crippen LogP contribution in [0.3, 0.4) is 0 Å². The minimum absolute atomic E-state index is 0.0767. The van der Waals surface area contributed by atoms with E-state index in [9.17, 15) is 8.42 Å². The summed E-state index contributed by atoms with van der Waals surface area (Å²) in [5.74, 6) is 0. The highest BCUT2D eigenvalue weighted by molar-refractivity contribution is 7.89. The molecule has 0 bridgehead atoms. The van der Waals surface area contributed by atoms with Gasteiger partial charge in [-0.05, 0) is 24.3 Å². The molecule has 1 aliphatic rings. The third kappa shape index (κ3) is 3.49. The van der Waals surface area contributed by atoms with Gasteiger partial charge < -0.3 is 5.32 Å². The van der Waals surface area contributed by atoms with Crippen LogP contribution in [-0.4, -0.2) is 27.0 Å². The van der Waals surface area contributed by atoms with Crippen molar-refractivity contribution < 1.29 is 8.42 Å². The molecule has 0 saturated heterocycles. The highest BCUT2D eigenvalue weighted by Gasteiger charge is 2.29. The van der Waals surface area contributed by atoms with Crippen LogP contribution in [-0.2, 0) is 10.0 Å². The van der Waals surface area contributed by atoms with Gasteiger partial charge in [-0.2, -0.15) is 0 Å². The van der Waals surface area contributed by atoms with Gasteiger partial charge in [-0.3, -0.25) is 4.98 Å². The predicted molar refractivity (Wildman–Crippen MR) is 80.2 cm³/mol. The maximum absolute atomic E-state index is 12.4. The lowest BCUT2D eigenvalue weighted by Crippen LogP contribution is -2.37. The number of hydrogen-bond acceptors (Lipinski definition) is 4. The summed E-state index contributed by atoms with van der Waals surface area (Å²) in [6, 6.07) is 1.66. The summed E-state index contributed by atoms with van der Waals surface area (Å²) < 4.78 is 27.6. The molecular weight excluding hydrogens is 274 g/mol. The summed E-state index contributed by atoms with van der Waals surface area (Å²) in [4.78, 5) is 4.12. The second-order valence-electron chi connectivity index (χ2n) is 5.82. The van der Waals surface area contributed by atoms with Gasteiger partial charge in [-0.1, -0.05) is 26.2 Å². The first-order valence-electron chi connectivity index (χ1n) is 7.08.